The van der Waals surface area contributed by atoms with E-state index in [0.717, 1.165) is 44.8 Å². The van der Waals surface area contributed by atoms with Gasteiger partial charge in [-0.25, -0.2) is 9.78 Å². The van der Waals surface area contributed by atoms with E-state index in [-0.39, 0.29) is 17.6 Å². The number of ether oxygens (including phenoxy) is 1. The highest BCUT2D eigenvalue weighted by Gasteiger charge is 2.35. The van der Waals surface area contributed by atoms with Crippen LogP contribution in [-0.2, 0) is 9.53 Å². The number of cyclic esters (lactones) is 1. The number of amides is 2. The lowest BCUT2D eigenvalue weighted by Gasteiger charge is -2.35. The molecule has 3 aliphatic rings. The summed E-state index contributed by atoms with van der Waals surface area (Å²) < 4.78 is 5.26. The molecule has 1 aromatic rings. The maximum absolute atomic E-state index is 12.2. The summed E-state index contributed by atoms with van der Waals surface area (Å²) in [7, 11) is 0. The lowest BCUT2D eigenvalue weighted by Crippen LogP contribution is -2.49. The van der Waals surface area contributed by atoms with Crippen molar-refractivity contribution in [2.45, 2.75) is 18.9 Å². The Morgan fingerprint density at radius 1 is 1.29 bits per heavy atom. The van der Waals surface area contributed by atoms with Gasteiger partial charge in [0.05, 0.1) is 25.0 Å². The molecule has 1 unspecified atom stereocenters. The van der Waals surface area contributed by atoms with Crippen molar-refractivity contribution in [3.63, 3.8) is 0 Å². The number of nitrogens with one attached hydrogen (secondary N) is 1. The number of hydrogen-bond acceptors (Lipinski definition) is 6. The Balaban J connectivity index is 1.32. The summed E-state index contributed by atoms with van der Waals surface area (Å²) in [6.07, 6.45) is 2.88. The van der Waals surface area contributed by atoms with E-state index in [0.29, 0.717) is 18.1 Å². The van der Waals surface area contributed by atoms with Gasteiger partial charge in [-0.3, -0.25) is 9.69 Å². The van der Waals surface area contributed by atoms with Crippen LogP contribution in [0.4, 0.5) is 16.3 Å². The van der Waals surface area contributed by atoms with Gasteiger partial charge in [-0.05, 0) is 37.2 Å². The molecule has 2 saturated heterocycles. The fourth-order valence-corrected chi connectivity index (χ4v) is 3.59. The maximum Gasteiger partial charge on any atom is 0.414 e. The van der Waals surface area contributed by atoms with Crippen LogP contribution in [-0.4, -0.2) is 77.5 Å². The van der Waals surface area contributed by atoms with Crippen LogP contribution in [0.3, 0.4) is 0 Å². The zero-order chi connectivity index (χ0) is 19.7. The molecule has 1 atom stereocenters. The van der Waals surface area contributed by atoms with Crippen molar-refractivity contribution in [2.24, 2.45) is 5.92 Å². The summed E-state index contributed by atoms with van der Waals surface area (Å²) in [5.74, 6) is 1.39. The summed E-state index contributed by atoms with van der Waals surface area (Å²) in [4.78, 5) is 34.3. The van der Waals surface area contributed by atoms with Gasteiger partial charge in [-0.15, -0.1) is 0 Å². The van der Waals surface area contributed by atoms with Gasteiger partial charge in [0.2, 0.25) is 5.91 Å². The summed E-state index contributed by atoms with van der Waals surface area (Å²) in [5, 5.41) is 11.3. The van der Waals surface area contributed by atoms with Gasteiger partial charge < -0.3 is 25.0 Å². The Hall–Kier alpha value is -2.62. The van der Waals surface area contributed by atoms with Crippen molar-refractivity contribution in [3.8, 4) is 0 Å². The topological polar surface area (TPSA) is 98.2 Å². The third-order valence-electron chi connectivity index (χ3n) is 5.24. The van der Waals surface area contributed by atoms with Crippen LogP contribution in [0.1, 0.15) is 12.8 Å². The number of rotatable bonds is 5. The number of pyridine rings is 1. The molecule has 3 fully saturated rings. The van der Waals surface area contributed by atoms with E-state index in [9.17, 15) is 9.59 Å². The number of thiocarbonyl (C=S) groups is 1. The van der Waals surface area contributed by atoms with E-state index < -0.39 is 12.2 Å². The zero-order valence-corrected chi connectivity index (χ0v) is 16.2. The average Bonchev–Trinajstić information content (AvgIpc) is 3.49. The Morgan fingerprint density at radius 2 is 2.04 bits per heavy atom. The highest BCUT2D eigenvalue weighted by Crippen LogP contribution is 2.31. The smallest absolute Gasteiger partial charge is 0.414 e. The van der Waals surface area contributed by atoms with Crippen molar-refractivity contribution in [1.82, 2.24) is 15.2 Å². The quantitative estimate of drug-likeness (QED) is 0.698. The van der Waals surface area contributed by atoms with Gasteiger partial charge in [0, 0.05) is 32.1 Å². The molecule has 2 amide bonds. The first kappa shape index (κ1) is 18.7. The molecule has 1 saturated carbocycles. The minimum absolute atomic E-state index is 0.257. The second-order valence-corrected chi connectivity index (χ2v) is 7.65. The van der Waals surface area contributed by atoms with Gasteiger partial charge in [-0.2, -0.15) is 0 Å². The summed E-state index contributed by atoms with van der Waals surface area (Å²) in [5.41, 5.74) is 0.658. The fourth-order valence-electron chi connectivity index (χ4n) is 3.51. The van der Waals surface area contributed by atoms with E-state index >= 15 is 0 Å². The second-order valence-electron chi connectivity index (χ2n) is 7.26. The summed E-state index contributed by atoms with van der Waals surface area (Å²) >= 11 is 4.55. The van der Waals surface area contributed by atoms with Crippen LogP contribution in [0.15, 0.2) is 18.3 Å². The third kappa shape index (κ3) is 4.11. The molecule has 2 aliphatic heterocycles. The standard InChI is InChI=1S/C18H23N5O4S/c24-16(12-1-2-12)22-7-5-21(6-8-22)15-4-3-13(9-19-15)23-11-14(27-18(23)26)10-20-17(25)28/h3-4,9,12,14H,1-2,5-8,10-11H2,(H2,20,25,28). The number of carbonyl (C=O) groups is 2. The molecule has 4 rings (SSSR count). The van der Waals surface area contributed by atoms with E-state index in [1.807, 2.05) is 17.0 Å². The first-order valence-electron chi connectivity index (χ1n) is 9.46. The fraction of sp³-hybridized carbons (Fsp3) is 0.556. The lowest BCUT2D eigenvalue weighted by molar-refractivity contribution is -0.132. The monoisotopic (exact) mass is 405 g/mol. The number of carbonyl (C=O) groups excluding carboxylic acids is 2. The number of aliphatic hydroxyl groups is 1. The molecule has 2 N–H and O–H groups in total. The van der Waals surface area contributed by atoms with Crippen molar-refractivity contribution in [1.29, 1.82) is 0 Å². The minimum atomic E-state index is -0.447. The molecular formula is C18H23N5O4S. The molecule has 150 valence electrons. The number of hydrogen-bond donors (Lipinski definition) is 2. The third-order valence-corrected chi connectivity index (χ3v) is 5.39. The number of anilines is 2. The molecule has 10 heteroatoms. The highest BCUT2D eigenvalue weighted by atomic mass is 32.1. The largest absolute Gasteiger partial charge is 0.487 e. The van der Waals surface area contributed by atoms with Gasteiger partial charge >= 0.3 is 6.09 Å². The normalized spacial score (nSPS) is 22.2. The van der Waals surface area contributed by atoms with Gasteiger partial charge in [0.15, 0.2) is 0 Å². The van der Waals surface area contributed by atoms with Crippen molar-refractivity contribution < 1.29 is 19.4 Å². The minimum Gasteiger partial charge on any atom is -0.487 e. The van der Waals surface area contributed by atoms with Crippen molar-refractivity contribution in [3.05, 3.63) is 18.3 Å². The Morgan fingerprint density at radius 3 is 2.64 bits per heavy atom. The van der Waals surface area contributed by atoms with Crippen molar-refractivity contribution in [2.75, 3.05) is 49.1 Å². The Labute approximate surface area is 168 Å². The molecule has 1 aliphatic carbocycles. The van der Waals surface area contributed by atoms with Crippen LogP contribution < -0.4 is 15.1 Å². The molecule has 0 spiro atoms. The summed E-state index contributed by atoms with van der Waals surface area (Å²) in [6.45, 7) is 3.57. The Kier molecular flexibility index (Phi) is 5.21. The SMILES string of the molecule is O=C(C1CC1)N1CCN(c2ccc(N3CC(CNC(O)=S)OC3=O)cn2)CC1. The van der Waals surface area contributed by atoms with Crippen LogP contribution in [0.2, 0.25) is 0 Å². The number of nitrogens with zero attached hydrogens (tertiary/aromatic N) is 4. The molecule has 1 aromatic heterocycles. The average molecular weight is 405 g/mol. The van der Waals surface area contributed by atoms with Gasteiger partial charge in [0.1, 0.15) is 11.9 Å². The van der Waals surface area contributed by atoms with E-state index in [2.05, 4.69) is 27.4 Å². The molecule has 0 bridgehead atoms. The molecule has 0 aromatic carbocycles. The van der Waals surface area contributed by atoms with Gasteiger partial charge in [0.25, 0.3) is 5.17 Å². The Bertz CT molecular complexity index is 762. The first-order valence-corrected chi connectivity index (χ1v) is 9.87. The zero-order valence-electron chi connectivity index (χ0n) is 15.4. The maximum atomic E-state index is 12.2. The van der Waals surface area contributed by atoms with Crippen LogP contribution >= 0.6 is 12.2 Å². The van der Waals surface area contributed by atoms with Crippen LogP contribution in [0.5, 0.6) is 0 Å². The number of aliphatic hydroxyl groups excluding tert-OH is 1. The van der Waals surface area contributed by atoms with Gasteiger partial charge in [-0.1, -0.05) is 0 Å². The van der Waals surface area contributed by atoms with Crippen LogP contribution in [0, 0.1) is 5.92 Å². The highest BCUT2D eigenvalue weighted by molar-refractivity contribution is 7.79. The summed E-state index contributed by atoms with van der Waals surface area (Å²) in [6, 6.07) is 3.73. The van der Waals surface area contributed by atoms with E-state index in [1.54, 1.807) is 6.20 Å². The first-order chi connectivity index (χ1) is 13.5. The molecule has 0 radical (unpaired) electrons. The molecule has 9 nitrogen and oxygen atoms in total. The number of piperazine rings is 1. The number of aromatic nitrogens is 1. The predicted molar refractivity (Wildman–Crippen MR) is 107 cm³/mol. The van der Waals surface area contributed by atoms with Crippen LogP contribution in [0.25, 0.3) is 0 Å². The molecule has 3 heterocycles. The molecular weight excluding hydrogens is 382 g/mol. The van der Waals surface area contributed by atoms with E-state index in [4.69, 9.17) is 9.84 Å². The van der Waals surface area contributed by atoms with Crippen molar-refractivity contribution >= 4 is 40.9 Å². The predicted octanol–water partition coefficient (Wildman–Crippen LogP) is 0.898. The lowest BCUT2D eigenvalue weighted by atomic mass is 10.2. The van der Waals surface area contributed by atoms with E-state index in [1.165, 1.54) is 4.90 Å². The molecule has 28 heavy (non-hydrogen) atoms. The second kappa shape index (κ2) is 7.78.